The zero-order chi connectivity index (χ0) is 11.3. The highest BCUT2D eigenvalue weighted by Gasteiger charge is 2.12. The summed E-state index contributed by atoms with van der Waals surface area (Å²) in [5.41, 5.74) is 6.76. The van der Waals surface area contributed by atoms with E-state index in [0.29, 0.717) is 11.1 Å². The summed E-state index contributed by atoms with van der Waals surface area (Å²) in [5, 5.41) is 0. The molecule has 0 saturated heterocycles. The predicted octanol–water partition coefficient (Wildman–Crippen LogP) is 3.01. The molecule has 2 N–H and O–H groups in total. The molecule has 0 aromatic heterocycles. The minimum atomic E-state index is -0.269. The van der Waals surface area contributed by atoms with E-state index in [-0.39, 0.29) is 11.9 Å². The van der Waals surface area contributed by atoms with E-state index in [1.807, 2.05) is 6.07 Å². The maximum Gasteiger partial charge on any atom is 0.137 e. The first-order valence-electron chi connectivity index (χ1n) is 4.85. The molecule has 2 nitrogen and oxygen atoms in total. The summed E-state index contributed by atoms with van der Waals surface area (Å²) in [5.74, 6) is -0.269. The van der Waals surface area contributed by atoms with Crippen LogP contribution in [-0.4, -0.2) is 13.7 Å². The van der Waals surface area contributed by atoms with Gasteiger partial charge in [0, 0.05) is 19.8 Å². The quantitative estimate of drug-likeness (QED) is 0.839. The van der Waals surface area contributed by atoms with Crippen LogP contribution in [0.15, 0.2) is 22.7 Å². The van der Waals surface area contributed by atoms with Gasteiger partial charge < -0.3 is 10.5 Å². The highest BCUT2D eigenvalue weighted by atomic mass is 79.9. The molecule has 1 aromatic carbocycles. The van der Waals surface area contributed by atoms with Crippen LogP contribution in [0.3, 0.4) is 0 Å². The third-order valence-corrected chi connectivity index (χ3v) is 3.08. The normalized spacial score (nSPS) is 12.8. The minimum Gasteiger partial charge on any atom is -0.385 e. The van der Waals surface area contributed by atoms with Crippen LogP contribution in [0, 0.1) is 5.82 Å². The monoisotopic (exact) mass is 275 g/mol. The van der Waals surface area contributed by atoms with Gasteiger partial charge in [-0.3, -0.25) is 0 Å². The van der Waals surface area contributed by atoms with E-state index in [2.05, 4.69) is 15.9 Å². The summed E-state index contributed by atoms with van der Waals surface area (Å²) in [6, 6.07) is 4.77. The van der Waals surface area contributed by atoms with Gasteiger partial charge in [0.2, 0.25) is 0 Å². The molecule has 0 heterocycles. The molecule has 1 unspecified atom stereocenters. The molecule has 0 aliphatic rings. The Morgan fingerprint density at radius 3 is 2.93 bits per heavy atom. The number of hydrogen-bond acceptors (Lipinski definition) is 2. The molecule has 0 amide bonds. The largest absolute Gasteiger partial charge is 0.385 e. The molecule has 0 aliphatic carbocycles. The molecular formula is C11H15BrFNO. The number of benzene rings is 1. The maximum atomic E-state index is 13.2. The first-order valence-corrected chi connectivity index (χ1v) is 5.64. The number of halogens is 2. The van der Waals surface area contributed by atoms with Crippen molar-refractivity contribution in [1.29, 1.82) is 0 Å². The van der Waals surface area contributed by atoms with E-state index in [1.54, 1.807) is 13.2 Å². The standard InChI is InChI=1S/C11H15BrFNO/c1-15-7-3-6-10(14)8-4-2-5-9(13)11(8)12/h2,4-5,10H,3,6-7,14H2,1H3. The van der Waals surface area contributed by atoms with Crippen LogP contribution in [0.4, 0.5) is 4.39 Å². The van der Waals surface area contributed by atoms with Crippen molar-refractivity contribution in [3.05, 3.63) is 34.1 Å². The second-order valence-electron chi connectivity index (χ2n) is 3.38. The first-order chi connectivity index (χ1) is 7.16. The molecule has 1 rings (SSSR count). The van der Waals surface area contributed by atoms with Crippen LogP contribution in [0.25, 0.3) is 0 Å². The SMILES string of the molecule is COCCCC(N)c1cccc(F)c1Br. The Morgan fingerprint density at radius 1 is 1.53 bits per heavy atom. The first kappa shape index (κ1) is 12.6. The van der Waals surface area contributed by atoms with Crippen LogP contribution >= 0.6 is 15.9 Å². The van der Waals surface area contributed by atoms with Gasteiger partial charge in [-0.25, -0.2) is 4.39 Å². The van der Waals surface area contributed by atoms with Crippen LogP contribution < -0.4 is 5.73 Å². The Kier molecular flexibility index (Phi) is 5.22. The van der Waals surface area contributed by atoms with Crippen molar-refractivity contribution in [3.8, 4) is 0 Å². The average molecular weight is 276 g/mol. The van der Waals surface area contributed by atoms with E-state index in [4.69, 9.17) is 10.5 Å². The Labute approximate surface area is 97.7 Å². The van der Waals surface area contributed by atoms with Gasteiger partial charge in [-0.1, -0.05) is 12.1 Å². The maximum absolute atomic E-state index is 13.2. The van der Waals surface area contributed by atoms with Crippen molar-refractivity contribution < 1.29 is 9.13 Å². The van der Waals surface area contributed by atoms with E-state index in [1.165, 1.54) is 6.07 Å². The van der Waals surface area contributed by atoms with Crippen LogP contribution in [0.5, 0.6) is 0 Å². The van der Waals surface area contributed by atoms with E-state index in [9.17, 15) is 4.39 Å². The summed E-state index contributed by atoms with van der Waals surface area (Å²) >= 11 is 3.20. The Balaban J connectivity index is 2.65. The number of ether oxygens (including phenoxy) is 1. The fourth-order valence-electron chi connectivity index (χ4n) is 1.41. The van der Waals surface area contributed by atoms with Crippen molar-refractivity contribution in [2.45, 2.75) is 18.9 Å². The van der Waals surface area contributed by atoms with Gasteiger partial charge in [0.15, 0.2) is 0 Å². The molecule has 15 heavy (non-hydrogen) atoms. The minimum absolute atomic E-state index is 0.148. The van der Waals surface area contributed by atoms with Gasteiger partial charge in [-0.05, 0) is 40.4 Å². The summed E-state index contributed by atoms with van der Waals surface area (Å²) in [6.07, 6.45) is 1.66. The van der Waals surface area contributed by atoms with Crippen molar-refractivity contribution >= 4 is 15.9 Å². The molecule has 1 aromatic rings. The fourth-order valence-corrected chi connectivity index (χ4v) is 1.97. The second-order valence-corrected chi connectivity index (χ2v) is 4.18. The highest BCUT2D eigenvalue weighted by molar-refractivity contribution is 9.10. The van der Waals surface area contributed by atoms with E-state index >= 15 is 0 Å². The third-order valence-electron chi connectivity index (χ3n) is 2.24. The van der Waals surface area contributed by atoms with Crippen molar-refractivity contribution in [1.82, 2.24) is 0 Å². The van der Waals surface area contributed by atoms with Gasteiger partial charge >= 0.3 is 0 Å². The number of hydrogen-bond donors (Lipinski definition) is 1. The van der Waals surface area contributed by atoms with Crippen LogP contribution in [0.2, 0.25) is 0 Å². The summed E-state index contributed by atoms with van der Waals surface area (Å²) in [6.45, 7) is 0.681. The van der Waals surface area contributed by atoms with E-state index < -0.39 is 0 Å². The lowest BCUT2D eigenvalue weighted by atomic mass is 10.0. The molecule has 4 heteroatoms. The molecule has 0 aliphatic heterocycles. The lowest BCUT2D eigenvalue weighted by Gasteiger charge is -2.13. The lowest BCUT2D eigenvalue weighted by Crippen LogP contribution is -2.12. The molecule has 0 fully saturated rings. The van der Waals surface area contributed by atoms with Gasteiger partial charge in [-0.2, -0.15) is 0 Å². The van der Waals surface area contributed by atoms with Gasteiger partial charge in [0.05, 0.1) is 4.47 Å². The average Bonchev–Trinajstić information content (AvgIpc) is 2.22. The molecular weight excluding hydrogens is 261 g/mol. The Hall–Kier alpha value is -0.450. The molecule has 0 spiro atoms. The smallest absolute Gasteiger partial charge is 0.137 e. The predicted molar refractivity (Wildman–Crippen MR) is 62.1 cm³/mol. The van der Waals surface area contributed by atoms with Gasteiger partial charge in [0.1, 0.15) is 5.82 Å². The number of nitrogens with two attached hydrogens (primary N) is 1. The van der Waals surface area contributed by atoms with Gasteiger partial charge in [-0.15, -0.1) is 0 Å². The Morgan fingerprint density at radius 2 is 2.27 bits per heavy atom. The van der Waals surface area contributed by atoms with Crippen molar-refractivity contribution in [3.63, 3.8) is 0 Å². The molecule has 0 bridgehead atoms. The van der Waals surface area contributed by atoms with E-state index in [0.717, 1.165) is 18.4 Å². The van der Waals surface area contributed by atoms with Crippen LogP contribution in [0.1, 0.15) is 24.4 Å². The molecule has 0 saturated carbocycles. The Bertz CT molecular complexity index is 319. The molecule has 1 atom stereocenters. The summed E-state index contributed by atoms with van der Waals surface area (Å²) < 4.78 is 18.6. The fraction of sp³-hybridized carbons (Fsp3) is 0.455. The van der Waals surface area contributed by atoms with Crippen LogP contribution in [-0.2, 0) is 4.74 Å². The molecule has 0 radical (unpaired) electrons. The van der Waals surface area contributed by atoms with Crippen molar-refractivity contribution in [2.24, 2.45) is 5.73 Å². The summed E-state index contributed by atoms with van der Waals surface area (Å²) in [4.78, 5) is 0. The molecule has 84 valence electrons. The zero-order valence-corrected chi connectivity index (χ0v) is 10.3. The summed E-state index contributed by atoms with van der Waals surface area (Å²) in [7, 11) is 1.66. The second kappa shape index (κ2) is 6.20. The van der Waals surface area contributed by atoms with Crippen molar-refractivity contribution in [2.75, 3.05) is 13.7 Å². The highest BCUT2D eigenvalue weighted by Crippen LogP contribution is 2.27. The number of rotatable bonds is 5. The third kappa shape index (κ3) is 3.55. The number of methoxy groups -OCH3 is 1. The topological polar surface area (TPSA) is 35.2 Å². The van der Waals surface area contributed by atoms with Gasteiger partial charge in [0.25, 0.3) is 0 Å². The zero-order valence-electron chi connectivity index (χ0n) is 8.67. The lowest BCUT2D eigenvalue weighted by molar-refractivity contribution is 0.190.